The molecule has 0 saturated heterocycles. The number of esters is 1. The molecule has 0 radical (unpaired) electrons. The quantitative estimate of drug-likeness (QED) is 0.742. The van der Waals surface area contributed by atoms with Crippen molar-refractivity contribution in [3.8, 4) is 0 Å². The molecule has 0 aliphatic rings. The van der Waals surface area contributed by atoms with Crippen LogP contribution in [0.1, 0.15) is 57.6 Å². The Morgan fingerprint density at radius 2 is 1.92 bits per heavy atom. The van der Waals surface area contributed by atoms with E-state index in [1.54, 1.807) is 6.92 Å². The summed E-state index contributed by atoms with van der Waals surface area (Å²) in [7, 11) is 1.89. The maximum absolute atomic E-state index is 12.2. The van der Waals surface area contributed by atoms with Crippen LogP contribution in [0, 0.1) is 27.7 Å². The maximum Gasteiger partial charge on any atom is 0.340 e. The second-order valence-corrected chi connectivity index (χ2v) is 6.50. The average molecular weight is 360 g/mol. The van der Waals surface area contributed by atoms with E-state index in [0.717, 1.165) is 33.9 Å². The number of nitrogens with zero attached hydrogens (tertiary/aromatic N) is 2. The Labute approximate surface area is 154 Å². The minimum Gasteiger partial charge on any atom is -0.462 e. The number of carbonyl (C=O) groups is 2. The Morgan fingerprint density at radius 1 is 1.23 bits per heavy atom. The lowest BCUT2D eigenvalue weighted by Gasteiger charge is -2.06. The Kier molecular flexibility index (Phi) is 6.23. The molecule has 2 aromatic heterocycles. The van der Waals surface area contributed by atoms with Gasteiger partial charge in [-0.1, -0.05) is 0 Å². The summed E-state index contributed by atoms with van der Waals surface area (Å²) in [6, 6.07) is 0. The lowest BCUT2D eigenvalue weighted by Crippen LogP contribution is -2.23. The number of rotatable bonds is 7. The largest absolute Gasteiger partial charge is 0.462 e. The van der Waals surface area contributed by atoms with Crippen LogP contribution in [0.5, 0.6) is 0 Å². The summed E-state index contributed by atoms with van der Waals surface area (Å²) in [6.07, 6.45) is 0.893. The number of aromatic nitrogens is 3. The topological polar surface area (TPSA) is 89.0 Å². The molecule has 0 saturated carbocycles. The number of hydrogen-bond acceptors (Lipinski definition) is 4. The number of aryl methyl sites for hydroxylation is 4. The van der Waals surface area contributed by atoms with E-state index in [-0.39, 0.29) is 11.9 Å². The number of nitrogens with one attached hydrogen (secondary N) is 2. The van der Waals surface area contributed by atoms with E-state index < -0.39 is 0 Å². The molecule has 0 spiro atoms. The third kappa shape index (κ3) is 4.15. The molecule has 0 aromatic carbocycles. The number of aromatic amines is 1. The molecule has 7 nitrogen and oxygen atoms in total. The van der Waals surface area contributed by atoms with Crippen LogP contribution in [-0.4, -0.2) is 33.2 Å². The van der Waals surface area contributed by atoms with Gasteiger partial charge in [-0.05, 0) is 46.6 Å². The van der Waals surface area contributed by atoms with Gasteiger partial charge in [-0.25, -0.2) is 4.79 Å². The highest BCUT2D eigenvalue weighted by Crippen LogP contribution is 2.20. The lowest BCUT2D eigenvalue weighted by molar-refractivity contribution is -0.121. The highest BCUT2D eigenvalue weighted by Gasteiger charge is 2.19. The van der Waals surface area contributed by atoms with E-state index in [4.69, 9.17) is 4.74 Å². The molecule has 7 heteroatoms. The second-order valence-electron chi connectivity index (χ2n) is 6.50. The fraction of sp³-hybridized carbons (Fsp3) is 0.526. The lowest BCUT2D eigenvalue weighted by atomic mass is 10.1. The molecule has 0 bridgehead atoms. The van der Waals surface area contributed by atoms with Gasteiger partial charge < -0.3 is 15.0 Å². The Bertz CT molecular complexity index is 817. The molecule has 0 aliphatic carbocycles. The fourth-order valence-electron chi connectivity index (χ4n) is 3.16. The Balaban J connectivity index is 1.95. The third-order valence-corrected chi connectivity index (χ3v) is 4.74. The zero-order valence-electron chi connectivity index (χ0n) is 16.4. The first-order chi connectivity index (χ1) is 12.3. The molecule has 0 aliphatic heterocycles. The first kappa shape index (κ1) is 19.8. The van der Waals surface area contributed by atoms with Crippen molar-refractivity contribution in [1.82, 2.24) is 20.1 Å². The van der Waals surface area contributed by atoms with Crippen molar-refractivity contribution >= 4 is 11.9 Å². The summed E-state index contributed by atoms with van der Waals surface area (Å²) in [5, 5.41) is 7.30. The van der Waals surface area contributed by atoms with Gasteiger partial charge in [0.1, 0.15) is 0 Å². The zero-order valence-corrected chi connectivity index (χ0v) is 16.4. The van der Waals surface area contributed by atoms with Crippen LogP contribution in [0.4, 0.5) is 0 Å². The molecular weight excluding hydrogens is 332 g/mol. The SMILES string of the molecule is CCOC(=O)c1c(C)[nH]c(CCC(=O)NCc2c(C)nn(C)c2C)c1C. The van der Waals surface area contributed by atoms with Gasteiger partial charge in [0.15, 0.2) is 0 Å². The average Bonchev–Trinajstić information content (AvgIpc) is 2.99. The highest BCUT2D eigenvalue weighted by molar-refractivity contribution is 5.92. The van der Waals surface area contributed by atoms with Gasteiger partial charge in [0.05, 0.1) is 17.9 Å². The molecule has 1 amide bonds. The summed E-state index contributed by atoms with van der Waals surface area (Å²) in [6.45, 7) is 10.3. The molecule has 2 heterocycles. The molecule has 2 rings (SSSR count). The van der Waals surface area contributed by atoms with Gasteiger partial charge in [0, 0.05) is 42.7 Å². The van der Waals surface area contributed by atoms with Crippen molar-refractivity contribution in [3.05, 3.63) is 39.5 Å². The monoisotopic (exact) mass is 360 g/mol. The van der Waals surface area contributed by atoms with Crippen molar-refractivity contribution in [2.75, 3.05) is 6.61 Å². The van der Waals surface area contributed by atoms with E-state index in [1.807, 2.05) is 39.4 Å². The maximum atomic E-state index is 12.2. The number of carbonyl (C=O) groups excluding carboxylic acids is 2. The highest BCUT2D eigenvalue weighted by atomic mass is 16.5. The Morgan fingerprint density at radius 3 is 2.50 bits per heavy atom. The van der Waals surface area contributed by atoms with E-state index in [0.29, 0.717) is 31.6 Å². The predicted molar refractivity (Wildman–Crippen MR) is 99.1 cm³/mol. The molecule has 26 heavy (non-hydrogen) atoms. The third-order valence-electron chi connectivity index (χ3n) is 4.74. The summed E-state index contributed by atoms with van der Waals surface area (Å²) >= 11 is 0. The Hall–Kier alpha value is -2.57. The van der Waals surface area contributed by atoms with Gasteiger partial charge >= 0.3 is 5.97 Å². The second kappa shape index (κ2) is 8.21. The number of hydrogen-bond donors (Lipinski definition) is 2. The van der Waals surface area contributed by atoms with Gasteiger partial charge in [-0.3, -0.25) is 9.48 Å². The predicted octanol–water partition coefficient (Wildman–Crippen LogP) is 2.41. The smallest absolute Gasteiger partial charge is 0.340 e. The van der Waals surface area contributed by atoms with Crippen LogP contribution >= 0.6 is 0 Å². The summed E-state index contributed by atoms with van der Waals surface area (Å²) < 4.78 is 6.91. The van der Waals surface area contributed by atoms with E-state index in [2.05, 4.69) is 15.4 Å². The zero-order chi connectivity index (χ0) is 19.4. The summed E-state index contributed by atoms with van der Waals surface area (Å²) in [5.74, 6) is -0.353. The van der Waals surface area contributed by atoms with Crippen LogP contribution in [0.2, 0.25) is 0 Å². The molecule has 2 N–H and O–H groups in total. The van der Waals surface area contributed by atoms with Crippen LogP contribution in [0.25, 0.3) is 0 Å². The van der Waals surface area contributed by atoms with Crippen molar-refractivity contribution in [1.29, 1.82) is 0 Å². The minimum atomic E-state index is -0.322. The number of amides is 1. The van der Waals surface area contributed by atoms with Gasteiger partial charge in [-0.2, -0.15) is 5.10 Å². The molecule has 0 unspecified atom stereocenters. The van der Waals surface area contributed by atoms with Crippen LogP contribution in [-0.2, 0) is 29.5 Å². The summed E-state index contributed by atoms with van der Waals surface area (Å²) in [4.78, 5) is 27.5. The molecule has 2 aromatic rings. The standard InChI is InChI=1S/C19H28N4O3/c1-7-26-19(25)18-11(2)16(21-13(18)4)8-9-17(24)20-10-15-12(3)22-23(6)14(15)5/h21H,7-10H2,1-6H3,(H,20,24). The van der Waals surface area contributed by atoms with E-state index >= 15 is 0 Å². The van der Waals surface area contributed by atoms with Gasteiger partial charge in [-0.15, -0.1) is 0 Å². The molecule has 0 atom stereocenters. The number of ether oxygens (including phenoxy) is 1. The van der Waals surface area contributed by atoms with Gasteiger partial charge in [0.25, 0.3) is 0 Å². The minimum absolute atomic E-state index is 0.0306. The normalized spacial score (nSPS) is 10.8. The first-order valence-electron chi connectivity index (χ1n) is 8.87. The van der Waals surface area contributed by atoms with Crippen molar-refractivity contribution < 1.29 is 14.3 Å². The van der Waals surface area contributed by atoms with Crippen molar-refractivity contribution in [2.45, 2.75) is 54.0 Å². The number of H-pyrrole nitrogens is 1. The molecular formula is C19H28N4O3. The van der Waals surface area contributed by atoms with E-state index in [9.17, 15) is 9.59 Å². The van der Waals surface area contributed by atoms with Crippen molar-refractivity contribution in [2.24, 2.45) is 7.05 Å². The van der Waals surface area contributed by atoms with E-state index in [1.165, 1.54) is 0 Å². The molecule has 142 valence electrons. The van der Waals surface area contributed by atoms with Crippen LogP contribution < -0.4 is 5.32 Å². The van der Waals surface area contributed by atoms with Crippen LogP contribution in [0.15, 0.2) is 0 Å². The summed E-state index contributed by atoms with van der Waals surface area (Å²) in [5.41, 5.74) is 6.14. The van der Waals surface area contributed by atoms with Crippen molar-refractivity contribution in [3.63, 3.8) is 0 Å². The first-order valence-corrected chi connectivity index (χ1v) is 8.87. The molecule has 0 fully saturated rings. The van der Waals surface area contributed by atoms with Gasteiger partial charge in [0.2, 0.25) is 5.91 Å². The fourth-order valence-corrected chi connectivity index (χ4v) is 3.16. The van der Waals surface area contributed by atoms with Crippen LogP contribution in [0.3, 0.4) is 0 Å².